The van der Waals surface area contributed by atoms with Gasteiger partial charge in [0.15, 0.2) is 0 Å². The van der Waals surface area contributed by atoms with Crippen molar-refractivity contribution in [3.8, 4) is 0 Å². The lowest BCUT2D eigenvalue weighted by atomic mass is 9.77. The van der Waals surface area contributed by atoms with Crippen molar-refractivity contribution in [3.63, 3.8) is 0 Å². The lowest BCUT2D eigenvalue weighted by Gasteiger charge is -2.49. The van der Waals surface area contributed by atoms with Gasteiger partial charge in [0, 0.05) is 12.8 Å². The minimum absolute atomic E-state index is 0. The average molecular weight is 311 g/mol. The van der Waals surface area contributed by atoms with Crippen molar-refractivity contribution in [2.24, 2.45) is 11.8 Å². The van der Waals surface area contributed by atoms with Crippen LogP contribution in [0.25, 0.3) is 0 Å². The first-order valence-corrected chi connectivity index (χ1v) is 5.06. The highest BCUT2D eigenvalue weighted by Crippen LogP contribution is 2.36. The molecule has 3 saturated heterocycles. The maximum Gasteiger partial charge on any atom is 0.314 e. The minimum atomic E-state index is 0. The molecule has 1 atom stereocenters. The van der Waals surface area contributed by atoms with Crippen LogP contribution in [0, 0.1) is 11.8 Å². The predicted molar refractivity (Wildman–Crippen MR) is 49.0 cm³/mol. The van der Waals surface area contributed by atoms with Gasteiger partial charge in [0.1, 0.15) is 5.92 Å². The number of fused-ring (bicyclic) bond motifs is 3. The number of piperidine rings is 3. The van der Waals surface area contributed by atoms with E-state index in [1.54, 1.807) is 0 Å². The molecule has 0 aromatic rings. The second-order valence-corrected chi connectivity index (χ2v) is 4.72. The largest absolute Gasteiger partial charge is 1.00 e. The number of esters is 1. The van der Waals surface area contributed by atoms with Crippen molar-refractivity contribution < 1.29 is 38.0 Å². The fourth-order valence-electron chi connectivity index (χ4n) is 2.84. The average Bonchev–Trinajstić information content (AvgIpc) is 2.16. The van der Waals surface area contributed by atoms with Gasteiger partial charge < -0.3 is 33.2 Å². The van der Waals surface area contributed by atoms with Gasteiger partial charge in [-0.2, -0.15) is 0 Å². The molecule has 3 rings (SSSR count). The molecule has 0 spiro atoms. The number of nitrogens with zero attached hydrogens (tertiary/aromatic N) is 1. The molecule has 2 bridgehead atoms. The van der Waals surface area contributed by atoms with Crippen LogP contribution in [0.5, 0.6) is 0 Å². The summed E-state index contributed by atoms with van der Waals surface area (Å²) < 4.78 is 5.92. The molecule has 3 aliphatic heterocycles. The molecule has 14 heavy (non-hydrogen) atoms. The summed E-state index contributed by atoms with van der Waals surface area (Å²) in [5.41, 5.74) is 0. The third kappa shape index (κ3) is 2.05. The van der Waals surface area contributed by atoms with Crippen LogP contribution in [0.2, 0.25) is 0 Å². The van der Waals surface area contributed by atoms with Gasteiger partial charge in [-0.3, -0.25) is 4.79 Å². The van der Waals surface area contributed by atoms with E-state index in [4.69, 9.17) is 4.74 Å². The normalized spacial score (nSPS) is 40.1. The van der Waals surface area contributed by atoms with E-state index in [2.05, 4.69) is 7.05 Å². The molecule has 0 aromatic carbocycles. The summed E-state index contributed by atoms with van der Waals surface area (Å²) in [6.07, 6.45) is 2.41. The van der Waals surface area contributed by atoms with E-state index < -0.39 is 0 Å². The smallest absolute Gasteiger partial charge is 0.314 e. The first kappa shape index (κ1) is 12.2. The molecular formula is C10H18INO2. The highest BCUT2D eigenvalue weighted by Gasteiger charge is 2.46. The summed E-state index contributed by atoms with van der Waals surface area (Å²) in [7, 11) is 3.76. The summed E-state index contributed by atoms with van der Waals surface area (Å²) >= 11 is 0. The Morgan fingerprint density at radius 3 is 2.36 bits per heavy atom. The van der Waals surface area contributed by atoms with Crippen molar-refractivity contribution in [1.29, 1.82) is 0 Å². The first-order valence-electron chi connectivity index (χ1n) is 5.06. The van der Waals surface area contributed by atoms with E-state index in [1.165, 1.54) is 33.0 Å². The standard InChI is InChI=1S/C10H18NO2.HI/c1-11-5-3-8(4-6-11)9(7-11)10(12)13-2;/h8-9H,3-7H2,1-2H3;1H/q+1;/p-1. The quantitative estimate of drug-likeness (QED) is 0.308. The van der Waals surface area contributed by atoms with Crippen LogP contribution in [0.4, 0.5) is 0 Å². The SMILES string of the molecule is COC(=O)C1C[N+]2(C)CCC1CC2.[I-]. The van der Waals surface area contributed by atoms with E-state index in [0.717, 1.165) is 11.0 Å². The van der Waals surface area contributed by atoms with Gasteiger partial charge in [0.25, 0.3) is 0 Å². The van der Waals surface area contributed by atoms with E-state index in [9.17, 15) is 4.79 Å². The monoisotopic (exact) mass is 311 g/mol. The summed E-state index contributed by atoms with van der Waals surface area (Å²) in [6, 6.07) is 0. The molecule has 0 N–H and O–H groups in total. The van der Waals surface area contributed by atoms with Gasteiger partial charge in [-0.15, -0.1) is 0 Å². The third-order valence-electron chi connectivity index (χ3n) is 3.79. The Hall–Kier alpha value is 0.160. The summed E-state index contributed by atoms with van der Waals surface area (Å²) in [5.74, 6) is 0.790. The Kier molecular flexibility index (Phi) is 3.80. The molecule has 0 aliphatic carbocycles. The fraction of sp³-hybridized carbons (Fsp3) is 0.900. The van der Waals surface area contributed by atoms with Gasteiger partial charge in [-0.1, -0.05) is 0 Å². The van der Waals surface area contributed by atoms with E-state index in [1.807, 2.05) is 0 Å². The number of quaternary nitrogens is 1. The summed E-state index contributed by atoms with van der Waals surface area (Å²) in [5, 5.41) is 0. The van der Waals surface area contributed by atoms with Crippen LogP contribution in [-0.2, 0) is 9.53 Å². The Morgan fingerprint density at radius 2 is 1.93 bits per heavy atom. The third-order valence-corrected chi connectivity index (χ3v) is 3.79. The number of methoxy groups -OCH3 is 1. The van der Waals surface area contributed by atoms with E-state index in [0.29, 0.717) is 5.92 Å². The molecule has 4 heteroatoms. The van der Waals surface area contributed by atoms with Gasteiger partial charge in [0.2, 0.25) is 0 Å². The van der Waals surface area contributed by atoms with Gasteiger partial charge in [-0.25, -0.2) is 0 Å². The number of hydrogen-bond donors (Lipinski definition) is 0. The zero-order chi connectivity index (χ0) is 9.47. The number of hydrogen-bond acceptors (Lipinski definition) is 2. The van der Waals surface area contributed by atoms with Crippen LogP contribution in [0.1, 0.15) is 12.8 Å². The van der Waals surface area contributed by atoms with Gasteiger partial charge in [-0.05, 0) is 5.92 Å². The highest BCUT2D eigenvalue weighted by atomic mass is 127. The lowest BCUT2D eigenvalue weighted by Crippen LogP contribution is -3.00. The maximum absolute atomic E-state index is 11.5. The van der Waals surface area contributed by atoms with Crippen LogP contribution in [0.3, 0.4) is 0 Å². The summed E-state index contributed by atoms with van der Waals surface area (Å²) in [6.45, 7) is 3.49. The molecule has 0 amide bonds. The van der Waals surface area contributed by atoms with Crippen molar-refractivity contribution >= 4 is 5.97 Å². The molecule has 0 saturated carbocycles. The Balaban J connectivity index is 0.000000980. The second-order valence-electron chi connectivity index (χ2n) is 4.72. The van der Waals surface area contributed by atoms with E-state index >= 15 is 0 Å². The highest BCUT2D eigenvalue weighted by molar-refractivity contribution is 5.73. The Labute approximate surface area is 102 Å². The molecule has 3 heterocycles. The van der Waals surface area contributed by atoms with Crippen molar-refractivity contribution in [2.45, 2.75) is 12.8 Å². The zero-order valence-corrected chi connectivity index (χ0v) is 11.0. The number of halogens is 1. The zero-order valence-electron chi connectivity index (χ0n) is 8.83. The van der Waals surface area contributed by atoms with Gasteiger partial charge in [0.05, 0.1) is 33.8 Å². The number of ether oxygens (including phenoxy) is 1. The topological polar surface area (TPSA) is 26.3 Å². The number of rotatable bonds is 1. The molecule has 82 valence electrons. The predicted octanol–water partition coefficient (Wildman–Crippen LogP) is -2.35. The molecule has 3 fully saturated rings. The molecule has 0 aromatic heterocycles. The van der Waals surface area contributed by atoms with Crippen LogP contribution >= 0.6 is 0 Å². The minimum Gasteiger partial charge on any atom is -1.00 e. The number of carbonyl (C=O) groups is 1. The van der Waals surface area contributed by atoms with Crippen molar-refractivity contribution in [1.82, 2.24) is 0 Å². The molecule has 0 radical (unpaired) electrons. The van der Waals surface area contributed by atoms with Crippen LogP contribution < -0.4 is 24.0 Å². The Morgan fingerprint density at radius 1 is 1.36 bits per heavy atom. The fourth-order valence-corrected chi connectivity index (χ4v) is 2.84. The lowest BCUT2D eigenvalue weighted by molar-refractivity contribution is -0.927. The second kappa shape index (κ2) is 4.35. The van der Waals surface area contributed by atoms with Crippen LogP contribution in [0.15, 0.2) is 0 Å². The molecule has 3 nitrogen and oxygen atoms in total. The number of carbonyl (C=O) groups excluding carboxylic acids is 1. The van der Waals surface area contributed by atoms with E-state index in [-0.39, 0.29) is 35.9 Å². The van der Waals surface area contributed by atoms with Crippen LogP contribution in [-0.4, -0.2) is 44.2 Å². The van der Waals surface area contributed by atoms with Gasteiger partial charge >= 0.3 is 5.97 Å². The first-order chi connectivity index (χ1) is 6.14. The molecule has 1 unspecified atom stereocenters. The molecule has 3 aliphatic rings. The maximum atomic E-state index is 11.5. The van der Waals surface area contributed by atoms with Crippen molar-refractivity contribution in [2.75, 3.05) is 33.8 Å². The Bertz CT molecular complexity index is 224. The van der Waals surface area contributed by atoms with Crippen molar-refractivity contribution in [3.05, 3.63) is 0 Å². The summed E-state index contributed by atoms with van der Waals surface area (Å²) in [4.78, 5) is 11.5. The molecular weight excluding hydrogens is 293 g/mol.